The van der Waals surface area contributed by atoms with E-state index in [2.05, 4.69) is 4.72 Å². The van der Waals surface area contributed by atoms with Crippen molar-refractivity contribution >= 4 is 10.0 Å². The second-order valence-electron chi connectivity index (χ2n) is 4.71. The number of hydrogen-bond donors (Lipinski definition) is 2. The van der Waals surface area contributed by atoms with Gasteiger partial charge in [-0.3, -0.25) is 0 Å². The smallest absolute Gasteiger partial charge is 0.240 e. The van der Waals surface area contributed by atoms with Gasteiger partial charge in [-0.15, -0.1) is 0 Å². The molecule has 0 heterocycles. The molecule has 0 aliphatic carbocycles. The SMILES string of the molecule is CCOC(C)CNS(=O)(=O)c1cccc(C(N)CC)c1. The Bertz CT molecular complexity index is 517. The normalized spacial score (nSPS) is 15.0. The fourth-order valence-electron chi connectivity index (χ4n) is 1.80. The maximum atomic E-state index is 12.2. The Hall–Kier alpha value is -0.950. The van der Waals surface area contributed by atoms with E-state index in [0.717, 1.165) is 12.0 Å². The predicted molar refractivity (Wildman–Crippen MR) is 79.9 cm³/mol. The van der Waals surface area contributed by atoms with Crippen molar-refractivity contribution in [3.63, 3.8) is 0 Å². The molecule has 1 aromatic rings. The van der Waals surface area contributed by atoms with Gasteiger partial charge in [0.15, 0.2) is 0 Å². The number of hydrogen-bond acceptors (Lipinski definition) is 4. The van der Waals surface area contributed by atoms with E-state index in [0.29, 0.717) is 6.61 Å². The van der Waals surface area contributed by atoms with E-state index in [4.69, 9.17) is 10.5 Å². The van der Waals surface area contributed by atoms with Crippen LogP contribution in [0.25, 0.3) is 0 Å². The minimum atomic E-state index is -3.52. The molecule has 2 atom stereocenters. The molecule has 0 amide bonds. The summed E-state index contributed by atoms with van der Waals surface area (Å²) in [5.74, 6) is 0. The fourth-order valence-corrected chi connectivity index (χ4v) is 2.97. The molecule has 1 aromatic carbocycles. The molecule has 0 saturated carbocycles. The first-order valence-corrected chi connectivity index (χ1v) is 8.35. The van der Waals surface area contributed by atoms with Gasteiger partial charge in [-0.1, -0.05) is 19.1 Å². The Morgan fingerprint density at radius 2 is 2.05 bits per heavy atom. The van der Waals surface area contributed by atoms with Crippen LogP contribution >= 0.6 is 0 Å². The minimum absolute atomic E-state index is 0.146. The monoisotopic (exact) mass is 300 g/mol. The number of rotatable bonds is 8. The number of sulfonamides is 1. The summed E-state index contributed by atoms with van der Waals surface area (Å²) < 4.78 is 32.2. The maximum absolute atomic E-state index is 12.2. The van der Waals surface area contributed by atoms with Crippen LogP contribution in [0.1, 0.15) is 38.8 Å². The van der Waals surface area contributed by atoms with Crippen molar-refractivity contribution in [3.8, 4) is 0 Å². The average molecular weight is 300 g/mol. The van der Waals surface area contributed by atoms with Gasteiger partial charge in [0.1, 0.15) is 0 Å². The van der Waals surface area contributed by atoms with Crippen molar-refractivity contribution in [2.24, 2.45) is 5.73 Å². The van der Waals surface area contributed by atoms with Crippen LogP contribution < -0.4 is 10.5 Å². The Balaban J connectivity index is 2.82. The average Bonchev–Trinajstić information content (AvgIpc) is 2.45. The highest BCUT2D eigenvalue weighted by Gasteiger charge is 2.16. The van der Waals surface area contributed by atoms with Gasteiger partial charge in [0, 0.05) is 19.2 Å². The van der Waals surface area contributed by atoms with Gasteiger partial charge < -0.3 is 10.5 Å². The minimum Gasteiger partial charge on any atom is -0.377 e. The zero-order valence-corrected chi connectivity index (χ0v) is 13.1. The summed E-state index contributed by atoms with van der Waals surface area (Å²) in [6.45, 7) is 6.48. The Labute approximate surface area is 121 Å². The van der Waals surface area contributed by atoms with Crippen molar-refractivity contribution in [3.05, 3.63) is 29.8 Å². The second-order valence-corrected chi connectivity index (χ2v) is 6.47. The van der Waals surface area contributed by atoms with Gasteiger partial charge in [-0.05, 0) is 38.0 Å². The predicted octanol–water partition coefficient (Wildman–Crippen LogP) is 1.80. The maximum Gasteiger partial charge on any atom is 0.240 e. The van der Waals surface area contributed by atoms with E-state index < -0.39 is 10.0 Å². The van der Waals surface area contributed by atoms with Gasteiger partial charge >= 0.3 is 0 Å². The summed E-state index contributed by atoms with van der Waals surface area (Å²) in [6, 6.07) is 6.61. The van der Waals surface area contributed by atoms with E-state index in [9.17, 15) is 8.42 Å². The molecule has 3 N–H and O–H groups in total. The number of nitrogens with two attached hydrogens (primary N) is 1. The molecule has 0 saturated heterocycles. The van der Waals surface area contributed by atoms with Crippen molar-refractivity contribution in [2.45, 2.75) is 44.2 Å². The van der Waals surface area contributed by atoms with Crippen LogP contribution in [-0.2, 0) is 14.8 Å². The zero-order valence-electron chi connectivity index (χ0n) is 12.3. The zero-order chi connectivity index (χ0) is 15.2. The van der Waals surface area contributed by atoms with E-state index >= 15 is 0 Å². The molecule has 2 unspecified atom stereocenters. The highest BCUT2D eigenvalue weighted by Crippen LogP contribution is 2.18. The largest absolute Gasteiger partial charge is 0.377 e. The summed E-state index contributed by atoms with van der Waals surface area (Å²) in [7, 11) is -3.52. The molecule has 20 heavy (non-hydrogen) atoms. The van der Waals surface area contributed by atoms with Crippen LogP contribution in [0.3, 0.4) is 0 Å². The molecule has 0 aliphatic heterocycles. The first kappa shape index (κ1) is 17.1. The highest BCUT2D eigenvalue weighted by atomic mass is 32.2. The van der Waals surface area contributed by atoms with Crippen LogP contribution in [0.15, 0.2) is 29.2 Å². The molecule has 0 fully saturated rings. The topological polar surface area (TPSA) is 81.4 Å². The third-order valence-corrected chi connectivity index (χ3v) is 4.47. The lowest BCUT2D eigenvalue weighted by molar-refractivity contribution is 0.0799. The van der Waals surface area contributed by atoms with Gasteiger partial charge in [-0.2, -0.15) is 0 Å². The molecule has 5 nitrogen and oxygen atoms in total. The van der Waals surface area contributed by atoms with Crippen LogP contribution in [-0.4, -0.2) is 27.7 Å². The molecule has 0 spiro atoms. The molecule has 0 bridgehead atoms. The third kappa shape index (κ3) is 4.86. The first-order valence-electron chi connectivity index (χ1n) is 6.87. The molecular weight excluding hydrogens is 276 g/mol. The van der Waals surface area contributed by atoms with Crippen molar-refractivity contribution in [2.75, 3.05) is 13.2 Å². The lowest BCUT2D eigenvalue weighted by Crippen LogP contribution is -2.32. The van der Waals surface area contributed by atoms with Gasteiger partial charge in [0.05, 0.1) is 11.0 Å². The summed E-state index contributed by atoms with van der Waals surface area (Å²) >= 11 is 0. The van der Waals surface area contributed by atoms with Crippen LogP contribution in [0.5, 0.6) is 0 Å². The van der Waals surface area contributed by atoms with E-state index in [1.165, 1.54) is 0 Å². The van der Waals surface area contributed by atoms with Crippen LogP contribution in [0, 0.1) is 0 Å². The van der Waals surface area contributed by atoms with Crippen molar-refractivity contribution in [1.29, 1.82) is 0 Å². The molecule has 6 heteroatoms. The van der Waals surface area contributed by atoms with Gasteiger partial charge in [0.2, 0.25) is 10.0 Å². The highest BCUT2D eigenvalue weighted by molar-refractivity contribution is 7.89. The first-order chi connectivity index (χ1) is 9.40. The van der Waals surface area contributed by atoms with Crippen molar-refractivity contribution in [1.82, 2.24) is 4.72 Å². The summed E-state index contributed by atoms with van der Waals surface area (Å²) in [4.78, 5) is 0.239. The lowest BCUT2D eigenvalue weighted by atomic mass is 10.1. The second kappa shape index (κ2) is 7.73. The number of ether oxygens (including phenoxy) is 1. The molecule has 0 radical (unpaired) electrons. The van der Waals surface area contributed by atoms with E-state index in [1.54, 1.807) is 18.2 Å². The molecule has 1 rings (SSSR count). The quantitative estimate of drug-likeness (QED) is 0.767. The van der Waals surface area contributed by atoms with E-state index in [-0.39, 0.29) is 23.6 Å². The summed E-state index contributed by atoms with van der Waals surface area (Å²) in [6.07, 6.45) is 0.606. The molecule has 114 valence electrons. The molecular formula is C14H24N2O3S. The fraction of sp³-hybridized carbons (Fsp3) is 0.571. The van der Waals surface area contributed by atoms with Crippen molar-refractivity contribution < 1.29 is 13.2 Å². The Kier molecular flexibility index (Phi) is 6.61. The Morgan fingerprint density at radius 1 is 1.35 bits per heavy atom. The lowest BCUT2D eigenvalue weighted by Gasteiger charge is -2.14. The van der Waals surface area contributed by atoms with Crippen LogP contribution in [0.4, 0.5) is 0 Å². The third-order valence-electron chi connectivity index (χ3n) is 3.05. The Morgan fingerprint density at radius 3 is 2.65 bits per heavy atom. The summed E-state index contributed by atoms with van der Waals surface area (Å²) in [5, 5.41) is 0. The van der Waals surface area contributed by atoms with E-state index in [1.807, 2.05) is 26.8 Å². The number of benzene rings is 1. The molecule has 0 aliphatic rings. The summed E-state index contributed by atoms with van der Waals surface area (Å²) in [5.41, 5.74) is 6.76. The standard InChI is InChI=1S/C14H24N2O3S/c1-4-14(15)12-7-6-8-13(9-12)20(17,18)16-10-11(3)19-5-2/h6-9,11,14,16H,4-5,10,15H2,1-3H3. The van der Waals surface area contributed by atoms with Crippen LogP contribution in [0.2, 0.25) is 0 Å². The number of nitrogens with one attached hydrogen (secondary N) is 1. The van der Waals surface area contributed by atoms with Gasteiger partial charge in [-0.25, -0.2) is 13.1 Å². The molecule has 0 aromatic heterocycles. The van der Waals surface area contributed by atoms with Gasteiger partial charge in [0.25, 0.3) is 0 Å².